The van der Waals surface area contributed by atoms with E-state index in [-0.39, 0.29) is 5.41 Å². The van der Waals surface area contributed by atoms with Gasteiger partial charge in [-0.15, -0.1) is 11.3 Å². The first-order valence-corrected chi connectivity index (χ1v) is 5.59. The van der Waals surface area contributed by atoms with Crippen LogP contribution in [0.15, 0.2) is 12.1 Å². The molecule has 0 aromatic carbocycles. The van der Waals surface area contributed by atoms with E-state index in [1.165, 1.54) is 17.4 Å². The summed E-state index contributed by atoms with van der Waals surface area (Å²) in [5, 5.41) is 10.9. The van der Waals surface area contributed by atoms with Crippen molar-refractivity contribution in [3.63, 3.8) is 0 Å². The minimum absolute atomic E-state index is 0.204. The largest absolute Gasteiger partial charge is 0.343 e. The summed E-state index contributed by atoms with van der Waals surface area (Å²) in [6.07, 6.45) is 0. The second kappa shape index (κ2) is 4.65. The zero-order chi connectivity index (χ0) is 11.5. The fourth-order valence-corrected chi connectivity index (χ4v) is 2.25. The molecule has 0 spiro atoms. The summed E-state index contributed by atoms with van der Waals surface area (Å²) >= 11 is 7.32. The van der Waals surface area contributed by atoms with Crippen molar-refractivity contribution < 1.29 is 4.79 Å². The van der Waals surface area contributed by atoms with Crippen molar-refractivity contribution in [3.8, 4) is 6.07 Å². The normalized spacial score (nSPS) is 10.8. The molecule has 1 N–H and O–H groups in total. The SMILES string of the molecule is CC(C)(CNC(=O)C#N)c1ccc(Cl)s1. The maximum atomic E-state index is 10.8. The Morgan fingerprint density at radius 1 is 1.67 bits per heavy atom. The molecular formula is C10H11ClN2OS. The summed E-state index contributed by atoms with van der Waals surface area (Å²) in [5.41, 5.74) is -0.204. The van der Waals surface area contributed by atoms with Gasteiger partial charge in [-0.05, 0) is 12.1 Å². The van der Waals surface area contributed by atoms with Gasteiger partial charge in [0.15, 0.2) is 6.07 Å². The van der Waals surface area contributed by atoms with E-state index < -0.39 is 5.91 Å². The quantitative estimate of drug-likeness (QED) is 0.827. The lowest BCUT2D eigenvalue weighted by Crippen LogP contribution is -2.35. The maximum absolute atomic E-state index is 10.8. The van der Waals surface area contributed by atoms with Crippen molar-refractivity contribution in [1.82, 2.24) is 5.32 Å². The number of nitriles is 1. The minimum Gasteiger partial charge on any atom is -0.343 e. The van der Waals surface area contributed by atoms with Crippen LogP contribution in [0.1, 0.15) is 18.7 Å². The number of halogens is 1. The molecule has 15 heavy (non-hydrogen) atoms. The Kier molecular flexibility index (Phi) is 3.72. The Labute approximate surface area is 97.7 Å². The van der Waals surface area contributed by atoms with Gasteiger partial charge in [0, 0.05) is 16.8 Å². The average molecular weight is 243 g/mol. The lowest BCUT2D eigenvalue weighted by Gasteiger charge is -2.22. The first-order chi connectivity index (χ1) is 6.95. The highest BCUT2D eigenvalue weighted by molar-refractivity contribution is 7.16. The van der Waals surface area contributed by atoms with Crippen LogP contribution < -0.4 is 5.32 Å². The third-order valence-corrected chi connectivity index (χ3v) is 3.63. The summed E-state index contributed by atoms with van der Waals surface area (Å²) in [4.78, 5) is 11.9. The van der Waals surface area contributed by atoms with Gasteiger partial charge in [0.05, 0.1) is 4.34 Å². The van der Waals surface area contributed by atoms with Crippen LogP contribution in [0.2, 0.25) is 4.34 Å². The molecular weight excluding hydrogens is 232 g/mol. The molecule has 0 aliphatic carbocycles. The van der Waals surface area contributed by atoms with Gasteiger partial charge in [-0.3, -0.25) is 4.79 Å². The third kappa shape index (κ3) is 3.22. The molecule has 80 valence electrons. The fourth-order valence-electron chi connectivity index (χ4n) is 1.11. The lowest BCUT2D eigenvalue weighted by molar-refractivity contribution is -0.116. The molecule has 0 aliphatic rings. The smallest absolute Gasteiger partial charge is 0.322 e. The highest BCUT2D eigenvalue weighted by atomic mass is 35.5. The van der Waals surface area contributed by atoms with Gasteiger partial charge >= 0.3 is 5.91 Å². The summed E-state index contributed by atoms with van der Waals surface area (Å²) in [5.74, 6) is -0.606. The van der Waals surface area contributed by atoms with Crippen LogP contribution in [0.4, 0.5) is 0 Å². The number of hydrogen-bond donors (Lipinski definition) is 1. The van der Waals surface area contributed by atoms with E-state index in [9.17, 15) is 4.79 Å². The molecule has 1 heterocycles. The first kappa shape index (κ1) is 12.0. The average Bonchev–Trinajstić information content (AvgIpc) is 2.62. The molecule has 0 saturated carbocycles. The molecule has 0 atom stereocenters. The molecule has 0 unspecified atom stereocenters. The molecule has 1 rings (SSSR count). The maximum Gasteiger partial charge on any atom is 0.322 e. The Morgan fingerprint density at radius 2 is 2.33 bits per heavy atom. The van der Waals surface area contributed by atoms with E-state index in [1.54, 1.807) is 0 Å². The fraction of sp³-hybridized carbons (Fsp3) is 0.400. The first-order valence-electron chi connectivity index (χ1n) is 4.39. The highest BCUT2D eigenvalue weighted by Crippen LogP contribution is 2.31. The van der Waals surface area contributed by atoms with E-state index in [0.29, 0.717) is 6.54 Å². The molecule has 3 nitrogen and oxygen atoms in total. The highest BCUT2D eigenvalue weighted by Gasteiger charge is 2.23. The van der Waals surface area contributed by atoms with Gasteiger partial charge in [-0.1, -0.05) is 25.4 Å². The number of rotatable bonds is 3. The Balaban J connectivity index is 2.68. The van der Waals surface area contributed by atoms with Crippen molar-refractivity contribution in [1.29, 1.82) is 5.26 Å². The minimum atomic E-state index is -0.606. The van der Waals surface area contributed by atoms with E-state index >= 15 is 0 Å². The van der Waals surface area contributed by atoms with Crippen molar-refractivity contribution >= 4 is 28.8 Å². The Bertz CT molecular complexity index is 406. The summed E-state index contributed by atoms with van der Waals surface area (Å²) in [7, 11) is 0. The number of hydrogen-bond acceptors (Lipinski definition) is 3. The van der Waals surface area contributed by atoms with Crippen molar-refractivity contribution in [2.75, 3.05) is 6.54 Å². The van der Waals surface area contributed by atoms with Crippen LogP contribution in [-0.2, 0) is 10.2 Å². The third-order valence-electron chi connectivity index (χ3n) is 2.03. The van der Waals surface area contributed by atoms with Gasteiger partial charge in [0.2, 0.25) is 0 Å². The van der Waals surface area contributed by atoms with Crippen molar-refractivity contribution in [2.45, 2.75) is 19.3 Å². The van der Waals surface area contributed by atoms with Crippen LogP contribution in [-0.4, -0.2) is 12.5 Å². The number of carbonyl (C=O) groups is 1. The van der Waals surface area contributed by atoms with Gasteiger partial charge in [-0.25, -0.2) is 0 Å². The molecule has 0 aliphatic heterocycles. The van der Waals surface area contributed by atoms with Crippen LogP contribution in [0.3, 0.4) is 0 Å². The zero-order valence-corrected chi connectivity index (χ0v) is 10.1. The number of thiophene rings is 1. The van der Waals surface area contributed by atoms with Gasteiger partial charge < -0.3 is 5.32 Å². The Morgan fingerprint density at radius 3 is 2.80 bits per heavy atom. The molecule has 0 fully saturated rings. The topological polar surface area (TPSA) is 52.9 Å². The molecule has 5 heteroatoms. The summed E-state index contributed by atoms with van der Waals surface area (Å²) in [6.45, 7) is 4.41. The molecule has 1 amide bonds. The number of nitrogens with one attached hydrogen (secondary N) is 1. The van der Waals surface area contributed by atoms with Crippen molar-refractivity contribution in [2.24, 2.45) is 0 Å². The molecule has 1 aromatic rings. The summed E-state index contributed by atoms with van der Waals surface area (Å²) < 4.78 is 0.727. The lowest BCUT2D eigenvalue weighted by atomic mass is 9.91. The standard InChI is InChI=1S/C10H11ClN2OS/c1-10(2,6-13-9(14)5-12)7-3-4-8(11)15-7/h3-4H,6H2,1-2H3,(H,13,14). The van der Waals surface area contributed by atoms with Crippen molar-refractivity contribution in [3.05, 3.63) is 21.3 Å². The second-order valence-electron chi connectivity index (χ2n) is 3.78. The molecule has 0 saturated heterocycles. The van der Waals surface area contributed by atoms with Gasteiger partial charge in [-0.2, -0.15) is 5.26 Å². The van der Waals surface area contributed by atoms with Crippen LogP contribution in [0.25, 0.3) is 0 Å². The second-order valence-corrected chi connectivity index (χ2v) is 5.50. The molecule has 0 radical (unpaired) electrons. The number of carbonyl (C=O) groups excluding carboxylic acids is 1. The van der Waals surface area contributed by atoms with Crippen LogP contribution >= 0.6 is 22.9 Å². The van der Waals surface area contributed by atoms with Gasteiger partial charge in [0.1, 0.15) is 0 Å². The number of nitrogens with zero attached hydrogens (tertiary/aromatic N) is 1. The Hall–Kier alpha value is -1.05. The van der Waals surface area contributed by atoms with Gasteiger partial charge in [0.25, 0.3) is 0 Å². The van der Waals surface area contributed by atoms with E-state index in [1.807, 2.05) is 26.0 Å². The zero-order valence-electron chi connectivity index (χ0n) is 8.50. The van der Waals surface area contributed by atoms with E-state index in [2.05, 4.69) is 5.32 Å². The molecule has 1 aromatic heterocycles. The van der Waals surface area contributed by atoms with E-state index in [4.69, 9.17) is 16.9 Å². The summed E-state index contributed by atoms with van der Waals surface area (Å²) in [6, 6.07) is 5.29. The predicted octanol–water partition coefficient (Wildman–Crippen LogP) is 2.32. The van der Waals surface area contributed by atoms with E-state index in [0.717, 1.165) is 9.21 Å². The molecule has 0 bridgehead atoms. The number of amides is 1. The van der Waals surface area contributed by atoms with Crippen LogP contribution in [0, 0.1) is 11.3 Å². The monoisotopic (exact) mass is 242 g/mol. The predicted molar refractivity (Wildman–Crippen MR) is 61.0 cm³/mol. The van der Waals surface area contributed by atoms with Crippen LogP contribution in [0.5, 0.6) is 0 Å².